The lowest BCUT2D eigenvalue weighted by molar-refractivity contribution is -0.885. The number of imide groups is 1. The molecule has 0 aliphatic heterocycles. The number of nitrogens with one attached hydrogen (secondary N) is 3. The van der Waals surface area contributed by atoms with Gasteiger partial charge in [0.05, 0.1) is 13.7 Å². The van der Waals surface area contributed by atoms with Gasteiger partial charge in [-0.05, 0) is 44.0 Å². The molecule has 1 aromatic rings. The molecule has 1 aromatic carbocycles. The highest BCUT2D eigenvalue weighted by molar-refractivity contribution is 5.94. The van der Waals surface area contributed by atoms with Crippen molar-refractivity contribution in [2.75, 3.05) is 20.2 Å². The number of quaternary nitrogens is 1. The van der Waals surface area contributed by atoms with E-state index in [1.165, 1.54) is 6.42 Å². The molecule has 0 saturated heterocycles. The van der Waals surface area contributed by atoms with Crippen molar-refractivity contribution in [3.8, 4) is 5.75 Å². The summed E-state index contributed by atoms with van der Waals surface area (Å²) in [6, 6.07) is 7.71. The van der Waals surface area contributed by atoms with E-state index in [4.69, 9.17) is 4.74 Å². The van der Waals surface area contributed by atoms with Crippen molar-refractivity contribution < 1.29 is 19.2 Å². The lowest BCUT2D eigenvalue weighted by Gasteiger charge is -2.22. The van der Waals surface area contributed by atoms with Crippen LogP contribution < -0.4 is 20.3 Å². The van der Waals surface area contributed by atoms with Crippen molar-refractivity contribution >= 4 is 11.9 Å². The fraction of sp³-hybridized carbons (Fsp3) is 0.579. The Morgan fingerprint density at radius 2 is 1.84 bits per heavy atom. The molecule has 1 aliphatic carbocycles. The van der Waals surface area contributed by atoms with Crippen LogP contribution in [0.2, 0.25) is 0 Å². The minimum absolute atomic E-state index is 0.204. The molecule has 1 fully saturated rings. The van der Waals surface area contributed by atoms with E-state index in [-0.39, 0.29) is 24.5 Å². The summed E-state index contributed by atoms with van der Waals surface area (Å²) in [7, 11) is 1.94. The molecule has 6 nitrogen and oxygen atoms in total. The highest BCUT2D eigenvalue weighted by Crippen LogP contribution is 2.17. The molecule has 138 valence electrons. The standard InChI is InChI=1S/C19H29N3O3/c1-3-25-17-11-9-15(10-12-17)13-22(2)14-18(23)21-19(24)20-16-7-5-4-6-8-16/h9-12,16H,3-8,13-14H2,1-2H3,(H2,20,21,23,24)/p+1. The van der Waals surface area contributed by atoms with E-state index in [0.717, 1.165) is 41.9 Å². The van der Waals surface area contributed by atoms with Crippen LogP contribution in [0.5, 0.6) is 5.75 Å². The van der Waals surface area contributed by atoms with Gasteiger partial charge in [-0.2, -0.15) is 0 Å². The van der Waals surface area contributed by atoms with E-state index in [2.05, 4.69) is 10.6 Å². The summed E-state index contributed by atoms with van der Waals surface area (Å²) < 4.78 is 5.42. The molecule has 25 heavy (non-hydrogen) atoms. The Bertz CT molecular complexity index is 554. The van der Waals surface area contributed by atoms with Gasteiger partial charge in [0, 0.05) is 11.6 Å². The van der Waals surface area contributed by atoms with Crippen LogP contribution in [0.25, 0.3) is 0 Å². The van der Waals surface area contributed by atoms with Crippen molar-refractivity contribution in [2.45, 2.75) is 51.6 Å². The zero-order chi connectivity index (χ0) is 18.1. The Balaban J connectivity index is 1.70. The van der Waals surface area contributed by atoms with Crippen LogP contribution in [0.3, 0.4) is 0 Å². The van der Waals surface area contributed by atoms with Gasteiger partial charge in [0.15, 0.2) is 6.54 Å². The quantitative estimate of drug-likeness (QED) is 0.695. The van der Waals surface area contributed by atoms with Gasteiger partial charge in [-0.3, -0.25) is 10.1 Å². The van der Waals surface area contributed by atoms with Gasteiger partial charge < -0.3 is 15.0 Å². The van der Waals surface area contributed by atoms with Gasteiger partial charge in [-0.1, -0.05) is 19.3 Å². The van der Waals surface area contributed by atoms with E-state index in [1.807, 2.05) is 38.2 Å². The second-order valence-corrected chi connectivity index (χ2v) is 6.74. The highest BCUT2D eigenvalue weighted by Gasteiger charge is 2.18. The van der Waals surface area contributed by atoms with Gasteiger partial charge in [-0.15, -0.1) is 0 Å². The molecule has 0 bridgehead atoms. The smallest absolute Gasteiger partial charge is 0.321 e. The average molecular weight is 348 g/mol. The fourth-order valence-corrected chi connectivity index (χ4v) is 3.19. The maximum atomic E-state index is 12.0. The highest BCUT2D eigenvalue weighted by atomic mass is 16.5. The van der Waals surface area contributed by atoms with Crippen molar-refractivity contribution in [3.05, 3.63) is 29.8 Å². The van der Waals surface area contributed by atoms with Gasteiger partial charge in [0.2, 0.25) is 0 Å². The summed E-state index contributed by atoms with van der Waals surface area (Å²) >= 11 is 0. The van der Waals surface area contributed by atoms with Crippen LogP contribution in [-0.2, 0) is 11.3 Å². The maximum Gasteiger partial charge on any atom is 0.321 e. The normalized spacial score (nSPS) is 16.1. The number of carbonyl (C=O) groups is 2. The first-order chi connectivity index (χ1) is 12.1. The number of urea groups is 1. The van der Waals surface area contributed by atoms with E-state index < -0.39 is 0 Å². The number of amides is 3. The third-order valence-corrected chi connectivity index (χ3v) is 4.40. The third-order valence-electron chi connectivity index (χ3n) is 4.40. The number of carbonyl (C=O) groups excluding carboxylic acids is 2. The zero-order valence-electron chi connectivity index (χ0n) is 15.3. The summed E-state index contributed by atoms with van der Waals surface area (Å²) in [4.78, 5) is 24.9. The van der Waals surface area contributed by atoms with Crippen LogP contribution in [0.1, 0.15) is 44.6 Å². The van der Waals surface area contributed by atoms with Crippen LogP contribution in [0.15, 0.2) is 24.3 Å². The molecule has 1 saturated carbocycles. The second kappa shape index (κ2) is 10.0. The third kappa shape index (κ3) is 7.13. The summed E-state index contributed by atoms with van der Waals surface area (Å²) in [5, 5.41) is 5.34. The average Bonchev–Trinajstić information content (AvgIpc) is 2.57. The Morgan fingerprint density at radius 3 is 2.48 bits per heavy atom. The predicted octanol–water partition coefficient (Wildman–Crippen LogP) is 1.26. The predicted molar refractivity (Wildman–Crippen MR) is 96.6 cm³/mol. The molecule has 0 heterocycles. The molecule has 6 heteroatoms. The van der Waals surface area contributed by atoms with E-state index >= 15 is 0 Å². The topological polar surface area (TPSA) is 71.9 Å². The van der Waals surface area contributed by atoms with Crippen LogP contribution in [0.4, 0.5) is 4.79 Å². The van der Waals surface area contributed by atoms with Gasteiger partial charge in [0.1, 0.15) is 12.3 Å². The number of ether oxygens (including phenoxy) is 1. The molecular formula is C19H30N3O3+. The van der Waals surface area contributed by atoms with Gasteiger partial charge in [0.25, 0.3) is 5.91 Å². The van der Waals surface area contributed by atoms with Crippen molar-refractivity contribution in [2.24, 2.45) is 0 Å². The molecule has 0 aromatic heterocycles. The SMILES string of the molecule is CCOc1ccc(C[NH+](C)CC(=O)NC(=O)NC2CCCCC2)cc1. The molecule has 1 unspecified atom stereocenters. The summed E-state index contributed by atoms with van der Waals surface area (Å²) in [5.74, 6) is 0.595. The van der Waals surface area contributed by atoms with E-state index in [1.54, 1.807) is 0 Å². The lowest BCUT2D eigenvalue weighted by atomic mass is 9.96. The molecule has 1 atom stereocenters. The first-order valence-electron chi connectivity index (χ1n) is 9.20. The first-order valence-corrected chi connectivity index (χ1v) is 9.20. The minimum Gasteiger partial charge on any atom is -0.494 e. The van der Waals surface area contributed by atoms with Gasteiger partial charge in [-0.25, -0.2) is 4.79 Å². The van der Waals surface area contributed by atoms with Crippen LogP contribution >= 0.6 is 0 Å². The molecular weight excluding hydrogens is 318 g/mol. The molecule has 2 rings (SSSR count). The Morgan fingerprint density at radius 1 is 1.16 bits per heavy atom. The largest absolute Gasteiger partial charge is 0.494 e. The van der Waals surface area contributed by atoms with Crippen molar-refractivity contribution in [1.82, 2.24) is 10.6 Å². The Kier molecular flexibility index (Phi) is 7.73. The lowest BCUT2D eigenvalue weighted by Crippen LogP contribution is -3.09. The molecule has 0 radical (unpaired) electrons. The zero-order valence-corrected chi connectivity index (χ0v) is 15.3. The van der Waals surface area contributed by atoms with Crippen LogP contribution in [0, 0.1) is 0 Å². The number of hydrogen-bond acceptors (Lipinski definition) is 3. The summed E-state index contributed by atoms with van der Waals surface area (Å²) in [6.45, 7) is 3.57. The number of benzene rings is 1. The van der Waals surface area contributed by atoms with Gasteiger partial charge >= 0.3 is 6.03 Å². The number of hydrogen-bond donors (Lipinski definition) is 3. The van der Waals surface area contributed by atoms with E-state index in [0.29, 0.717) is 13.2 Å². The van der Waals surface area contributed by atoms with E-state index in [9.17, 15) is 9.59 Å². The Labute approximate surface area is 149 Å². The minimum atomic E-state index is -0.370. The Hall–Kier alpha value is -2.08. The second-order valence-electron chi connectivity index (χ2n) is 6.74. The maximum absolute atomic E-state index is 12.0. The molecule has 3 amide bonds. The molecule has 3 N–H and O–H groups in total. The molecule has 0 spiro atoms. The summed E-state index contributed by atoms with van der Waals surface area (Å²) in [5.41, 5.74) is 1.13. The van der Waals surface area contributed by atoms with Crippen molar-refractivity contribution in [3.63, 3.8) is 0 Å². The number of likely N-dealkylation sites (N-methyl/N-ethyl adjacent to an activating group) is 1. The van der Waals surface area contributed by atoms with Crippen LogP contribution in [-0.4, -0.2) is 38.2 Å². The molecule has 1 aliphatic rings. The fourth-order valence-electron chi connectivity index (χ4n) is 3.19. The van der Waals surface area contributed by atoms with Crippen molar-refractivity contribution in [1.29, 1.82) is 0 Å². The summed E-state index contributed by atoms with van der Waals surface area (Å²) in [6.07, 6.45) is 5.54. The number of rotatable bonds is 7. The first kappa shape index (κ1) is 19.2. The monoisotopic (exact) mass is 348 g/mol.